The Morgan fingerprint density at radius 1 is 1.30 bits per heavy atom. The molecule has 106 valence electrons. The molecule has 0 aromatic carbocycles. The van der Waals surface area contributed by atoms with Crippen molar-refractivity contribution in [2.24, 2.45) is 0 Å². The Hall–Kier alpha value is -1.95. The highest BCUT2D eigenvalue weighted by Gasteiger charge is 2.18. The Bertz CT molecular complexity index is 571. The fraction of sp³-hybridized carbons (Fsp3) is 0.500. The normalized spacial score (nSPS) is 17.3. The third-order valence-corrected chi connectivity index (χ3v) is 3.71. The number of piperidine rings is 1. The van der Waals surface area contributed by atoms with Gasteiger partial charge in [0.15, 0.2) is 0 Å². The van der Waals surface area contributed by atoms with E-state index >= 15 is 0 Å². The smallest absolute Gasteiger partial charge is 0.227 e. The number of anilines is 2. The molecule has 1 fully saturated rings. The Morgan fingerprint density at radius 2 is 2.10 bits per heavy atom. The van der Waals surface area contributed by atoms with Crippen molar-refractivity contribution < 1.29 is 0 Å². The van der Waals surface area contributed by atoms with Gasteiger partial charge in [-0.15, -0.1) is 0 Å². The van der Waals surface area contributed by atoms with Crippen LogP contribution in [0.1, 0.15) is 24.6 Å². The van der Waals surface area contributed by atoms with Crippen LogP contribution in [0.25, 0.3) is 0 Å². The molecule has 0 atom stereocenters. The van der Waals surface area contributed by atoms with Crippen LogP contribution in [0, 0.1) is 6.92 Å². The summed E-state index contributed by atoms with van der Waals surface area (Å²) >= 11 is 0. The molecular formula is C14H20N6. The summed E-state index contributed by atoms with van der Waals surface area (Å²) in [4.78, 5) is 10.9. The van der Waals surface area contributed by atoms with E-state index in [1.165, 1.54) is 0 Å². The molecule has 1 aliphatic heterocycles. The van der Waals surface area contributed by atoms with E-state index in [2.05, 4.69) is 37.0 Å². The van der Waals surface area contributed by atoms with Crippen LogP contribution >= 0.6 is 0 Å². The van der Waals surface area contributed by atoms with Gasteiger partial charge in [-0.2, -0.15) is 5.10 Å². The maximum absolute atomic E-state index is 4.46. The molecule has 20 heavy (non-hydrogen) atoms. The van der Waals surface area contributed by atoms with Crippen molar-refractivity contribution in [1.29, 1.82) is 0 Å². The third-order valence-electron chi connectivity index (χ3n) is 3.71. The Morgan fingerprint density at radius 3 is 2.85 bits per heavy atom. The van der Waals surface area contributed by atoms with Gasteiger partial charge in [-0.25, -0.2) is 9.97 Å². The fourth-order valence-corrected chi connectivity index (χ4v) is 2.50. The van der Waals surface area contributed by atoms with Crippen LogP contribution < -0.4 is 5.32 Å². The SMILES string of the molecule is Cc1ccnc(Nc2cnn(C3CCN(C)CC3)c2)n1. The predicted octanol–water partition coefficient (Wildman–Crippen LogP) is 1.99. The molecule has 0 saturated carbocycles. The average molecular weight is 272 g/mol. The first-order chi connectivity index (χ1) is 9.70. The largest absolute Gasteiger partial charge is 0.321 e. The van der Waals surface area contributed by atoms with Crippen molar-refractivity contribution in [3.05, 3.63) is 30.4 Å². The number of rotatable bonds is 3. The average Bonchev–Trinajstić information content (AvgIpc) is 2.88. The molecule has 6 nitrogen and oxygen atoms in total. The highest BCUT2D eigenvalue weighted by Crippen LogP contribution is 2.23. The lowest BCUT2D eigenvalue weighted by atomic mass is 10.1. The highest BCUT2D eigenvalue weighted by atomic mass is 15.3. The van der Waals surface area contributed by atoms with Crippen LogP contribution in [-0.4, -0.2) is 44.8 Å². The second-order valence-corrected chi connectivity index (χ2v) is 5.39. The van der Waals surface area contributed by atoms with E-state index in [1.54, 1.807) is 6.20 Å². The zero-order valence-corrected chi connectivity index (χ0v) is 12.0. The number of aryl methyl sites for hydroxylation is 1. The van der Waals surface area contributed by atoms with Crippen LogP contribution in [0.3, 0.4) is 0 Å². The predicted molar refractivity (Wildman–Crippen MR) is 78.0 cm³/mol. The van der Waals surface area contributed by atoms with Crippen molar-refractivity contribution in [3.8, 4) is 0 Å². The Labute approximate surface area is 118 Å². The van der Waals surface area contributed by atoms with Gasteiger partial charge in [0, 0.05) is 18.1 Å². The lowest BCUT2D eigenvalue weighted by Gasteiger charge is -2.28. The molecule has 1 N–H and O–H groups in total. The van der Waals surface area contributed by atoms with Crippen LogP contribution in [0.4, 0.5) is 11.6 Å². The summed E-state index contributed by atoms with van der Waals surface area (Å²) < 4.78 is 2.06. The van der Waals surface area contributed by atoms with Gasteiger partial charge in [-0.05, 0) is 46.0 Å². The third kappa shape index (κ3) is 2.96. The zero-order valence-electron chi connectivity index (χ0n) is 12.0. The molecule has 6 heteroatoms. The minimum atomic E-state index is 0.500. The molecule has 0 bridgehead atoms. The van der Waals surface area contributed by atoms with Crippen molar-refractivity contribution in [2.75, 3.05) is 25.5 Å². The first-order valence-corrected chi connectivity index (χ1v) is 7.00. The summed E-state index contributed by atoms with van der Waals surface area (Å²) in [5, 5.41) is 7.66. The molecule has 1 saturated heterocycles. The van der Waals surface area contributed by atoms with E-state index in [1.807, 2.05) is 25.4 Å². The van der Waals surface area contributed by atoms with Gasteiger partial charge in [0.1, 0.15) is 0 Å². The van der Waals surface area contributed by atoms with E-state index in [4.69, 9.17) is 0 Å². The molecule has 3 heterocycles. The number of nitrogens with one attached hydrogen (secondary N) is 1. The molecule has 0 aliphatic carbocycles. The van der Waals surface area contributed by atoms with Gasteiger partial charge >= 0.3 is 0 Å². The summed E-state index contributed by atoms with van der Waals surface area (Å²) in [7, 11) is 2.17. The van der Waals surface area contributed by atoms with Gasteiger partial charge in [-0.1, -0.05) is 0 Å². The van der Waals surface area contributed by atoms with E-state index in [0.717, 1.165) is 37.3 Å². The number of hydrogen-bond acceptors (Lipinski definition) is 5. The molecule has 1 aliphatic rings. The number of hydrogen-bond donors (Lipinski definition) is 1. The van der Waals surface area contributed by atoms with Crippen LogP contribution in [-0.2, 0) is 0 Å². The summed E-state index contributed by atoms with van der Waals surface area (Å²) in [6.45, 7) is 4.22. The summed E-state index contributed by atoms with van der Waals surface area (Å²) in [6.07, 6.45) is 7.94. The van der Waals surface area contributed by atoms with E-state index < -0.39 is 0 Å². The van der Waals surface area contributed by atoms with Crippen LogP contribution in [0.2, 0.25) is 0 Å². The molecule has 0 spiro atoms. The summed E-state index contributed by atoms with van der Waals surface area (Å²) in [5.74, 6) is 0.618. The second-order valence-electron chi connectivity index (χ2n) is 5.39. The molecule has 2 aromatic heterocycles. The maximum Gasteiger partial charge on any atom is 0.227 e. The Kier molecular flexibility index (Phi) is 3.64. The highest BCUT2D eigenvalue weighted by molar-refractivity contribution is 5.50. The topological polar surface area (TPSA) is 58.9 Å². The molecular weight excluding hydrogens is 252 g/mol. The quantitative estimate of drug-likeness (QED) is 0.926. The molecule has 0 radical (unpaired) electrons. The zero-order chi connectivity index (χ0) is 13.9. The van der Waals surface area contributed by atoms with Crippen LogP contribution in [0.5, 0.6) is 0 Å². The van der Waals surface area contributed by atoms with Gasteiger partial charge in [0.05, 0.1) is 17.9 Å². The molecule has 0 amide bonds. The van der Waals surface area contributed by atoms with Crippen molar-refractivity contribution in [2.45, 2.75) is 25.8 Å². The van der Waals surface area contributed by atoms with E-state index in [-0.39, 0.29) is 0 Å². The van der Waals surface area contributed by atoms with Crippen molar-refractivity contribution in [1.82, 2.24) is 24.6 Å². The Balaban J connectivity index is 1.67. The monoisotopic (exact) mass is 272 g/mol. The van der Waals surface area contributed by atoms with Gasteiger partial charge in [0.2, 0.25) is 5.95 Å². The maximum atomic E-state index is 4.46. The lowest BCUT2D eigenvalue weighted by Crippen LogP contribution is -2.31. The number of nitrogens with zero attached hydrogens (tertiary/aromatic N) is 5. The van der Waals surface area contributed by atoms with Gasteiger partial charge in [-0.3, -0.25) is 4.68 Å². The van der Waals surface area contributed by atoms with E-state index in [9.17, 15) is 0 Å². The standard InChI is InChI=1S/C14H20N6/c1-11-3-6-15-14(17-11)18-12-9-16-20(10-12)13-4-7-19(2)8-5-13/h3,6,9-10,13H,4-5,7-8H2,1-2H3,(H,15,17,18). The lowest BCUT2D eigenvalue weighted by molar-refractivity contribution is 0.212. The summed E-state index contributed by atoms with van der Waals surface area (Å²) in [6, 6.07) is 2.38. The minimum Gasteiger partial charge on any atom is -0.321 e. The molecule has 0 unspecified atom stereocenters. The fourth-order valence-electron chi connectivity index (χ4n) is 2.50. The minimum absolute atomic E-state index is 0.500. The van der Waals surface area contributed by atoms with E-state index in [0.29, 0.717) is 12.0 Å². The molecule has 2 aromatic rings. The van der Waals surface area contributed by atoms with Gasteiger partial charge < -0.3 is 10.2 Å². The number of likely N-dealkylation sites (tertiary alicyclic amines) is 1. The van der Waals surface area contributed by atoms with Gasteiger partial charge in [0.25, 0.3) is 0 Å². The number of aromatic nitrogens is 4. The summed E-state index contributed by atoms with van der Waals surface area (Å²) in [5.41, 5.74) is 1.89. The van der Waals surface area contributed by atoms with Crippen molar-refractivity contribution >= 4 is 11.6 Å². The first-order valence-electron chi connectivity index (χ1n) is 7.00. The van der Waals surface area contributed by atoms with Crippen molar-refractivity contribution in [3.63, 3.8) is 0 Å². The first kappa shape index (κ1) is 13.1. The second kappa shape index (κ2) is 5.58. The van der Waals surface area contributed by atoms with Crippen LogP contribution in [0.15, 0.2) is 24.7 Å². The molecule has 3 rings (SSSR count).